The van der Waals surface area contributed by atoms with Crippen LogP contribution in [0.2, 0.25) is 0 Å². The first-order chi connectivity index (χ1) is 9.82. The van der Waals surface area contributed by atoms with E-state index in [0.29, 0.717) is 21.7 Å². The summed E-state index contributed by atoms with van der Waals surface area (Å²) in [4.78, 5) is 19.3. The minimum Gasteiger partial charge on any atom is -0.378 e. The highest BCUT2D eigenvalue weighted by Gasteiger charge is 2.14. The summed E-state index contributed by atoms with van der Waals surface area (Å²) in [6.45, 7) is 6.84. The van der Waals surface area contributed by atoms with Crippen LogP contribution in [0, 0.1) is 3.57 Å². The number of hydrogen-bond acceptors (Lipinski definition) is 3. The molecule has 0 amide bonds. The number of halogens is 1. The predicted molar refractivity (Wildman–Crippen MR) is 92.4 cm³/mol. The molecule has 0 aliphatic heterocycles. The molecular weight excluding hydrogens is 379 g/mol. The van der Waals surface area contributed by atoms with E-state index < -0.39 is 0 Å². The third-order valence-electron chi connectivity index (χ3n) is 3.24. The highest BCUT2D eigenvalue weighted by atomic mass is 127. The number of nitrogens with zero attached hydrogens (tertiary/aromatic N) is 1. The Morgan fingerprint density at radius 3 is 2.38 bits per heavy atom. The first kappa shape index (κ1) is 16.2. The van der Waals surface area contributed by atoms with Crippen molar-refractivity contribution in [2.45, 2.75) is 32.8 Å². The maximum atomic E-state index is 12.0. The summed E-state index contributed by atoms with van der Waals surface area (Å²) in [7, 11) is 1.59. The molecule has 0 saturated heterocycles. The van der Waals surface area contributed by atoms with Gasteiger partial charge in [0.15, 0.2) is 0 Å². The molecule has 2 aromatic rings. The summed E-state index contributed by atoms with van der Waals surface area (Å²) in [5.41, 5.74) is 2.78. The van der Waals surface area contributed by atoms with Crippen molar-refractivity contribution < 1.29 is 4.74 Å². The average molecular weight is 398 g/mol. The molecule has 112 valence electrons. The van der Waals surface area contributed by atoms with Crippen LogP contribution in [0.1, 0.15) is 32.0 Å². The van der Waals surface area contributed by atoms with Crippen molar-refractivity contribution in [2.24, 2.45) is 0 Å². The summed E-state index contributed by atoms with van der Waals surface area (Å²) in [6, 6.07) is 8.12. The summed E-state index contributed by atoms with van der Waals surface area (Å²) in [6.07, 6.45) is 0. The Morgan fingerprint density at radius 1 is 1.24 bits per heavy atom. The van der Waals surface area contributed by atoms with E-state index in [1.165, 1.54) is 5.56 Å². The maximum absolute atomic E-state index is 12.0. The van der Waals surface area contributed by atoms with Crippen LogP contribution in [0.5, 0.6) is 0 Å². The smallest absolute Gasteiger partial charge is 0.264 e. The number of ether oxygens (including phenoxy) is 1. The molecule has 0 unspecified atom stereocenters. The number of aromatic amines is 1. The van der Waals surface area contributed by atoms with E-state index in [4.69, 9.17) is 4.74 Å². The standard InChI is InChI=1S/C16H19IN2O2/c1-16(2,3)11-7-5-10(6-8-11)14-18-12(9-21-4)13(17)15(20)19-14/h5-8H,9H2,1-4H3,(H,18,19,20). The van der Waals surface area contributed by atoms with Crippen molar-refractivity contribution in [3.63, 3.8) is 0 Å². The largest absolute Gasteiger partial charge is 0.378 e. The average Bonchev–Trinajstić information content (AvgIpc) is 2.43. The molecule has 4 nitrogen and oxygen atoms in total. The number of nitrogens with one attached hydrogen (secondary N) is 1. The molecule has 1 aromatic carbocycles. The van der Waals surface area contributed by atoms with Gasteiger partial charge in [-0.05, 0) is 33.6 Å². The lowest BCUT2D eigenvalue weighted by Gasteiger charge is -2.19. The summed E-state index contributed by atoms with van der Waals surface area (Å²) in [5.74, 6) is 0.577. The van der Waals surface area contributed by atoms with E-state index in [0.717, 1.165) is 5.56 Å². The van der Waals surface area contributed by atoms with Gasteiger partial charge in [0.2, 0.25) is 0 Å². The predicted octanol–water partition coefficient (Wildman–Crippen LogP) is 3.49. The molecule has 5 heteroatoms. The second-order valence-electron chi connectivity index (χ2n) is 5.94. The van der Waals surface area contributed by atoms with Gasteiger partial charge in [-0.1, -0.05) is 45.0 Å². The molecule has 0 radical (unpaired) electrons. The van der Waals surface area contributed by atoms with Gasteiger partial charge in [-0.2, -0.15) is 0 Å². The van der Waals surface area contributed by atoms with Crippen LogP contribution in [0.3, 0.4) is 0 Å². The topological polar surface area (TPSA) is 55.0 Å². The van der Waals surface area contributed by atoms with E-state index in [1.807, 2.05) is 34.7 Å². The highest BCUT2D eigenvalue weighted by molar-refractivity contribution is 14.1. The maximum Gasteiger partial charge on any atom is 0.264 e. The third kappa shape index (κ3) is 3.71. The third-order valence-corrected chi connectivity index (χ3v) is 4.35. The molecule has 0 bridgehead atoms. The zero-order chi connectivity index (χ0) is 15.6. The normalized spacial score (nSPS) is 11.7. The van der Waals surface area contributed by atoms with E-state index in [1.54, 1.807) is 7.11 Å². The van der Waals surface area contributed by atoms with E-state index >= 15 is 0 Å². The minimum atomic E-state index is -0.132. The van der Waals surface area contributed by atoms with Crippen LogP contribution in [-0.4, -0.2) is 17.1 Å². The minimum absolute atomic E-state index is 0.104. The van der Waals surface area contributed by atoms with Crippen molar-refractivity contribution in [3.8, 4) is 11.4 Å². The number of rotatable bonds is 3. The summed E-state index contributed by atoms with van der Waals surface area (Å²) in [5, 5.41) is 0. The lowest BCUT2D eigenvalue weighted by atomic mass is 9.87. The lowest BCUT2D eigenvalue weighted by Crippen LogP contribution is -2.17. The molecule has 1 aromatic heterocycles. The Balaban J connectivity index is 2.45. The van der Waals surface area contributed by atoms with Gasteiger partial charge < -0.3 is 9.72 Å². The van der Waals surface area contributed by atoms with Crippen LogP contribution in [0.4, 0.5) is 0 Å². The number of hydrogen-bond donors (Lipinski definition) is 1. The molecule has 0 saturated carbocycles. The van der Waals surface area contributed by atoms with Crippen LogP contribution < -0.4 is 5.56 Å². The molecule has 0 atom stereocenters. The van der Waals surface area contributed by atoms with Crippen molar-refractivity contribution in [3.05, 3.63) is 49.4 Å². The Morgan fingerprint density at radius 2 is 1.86 bits per heavy atom. The highest BCUT2D eigenvalue weighted by Crippen LogP contribution is 2.24. The van der Waals surface area contributed by atoms with Gasteiger partial charge in [0, 0.05) is 12.7 Å². The van der Waals surface area contributed by atoms with Crippen LogP contribution in [0.25, 0.3) is 11.4 Å². The molecule has 0 fully saturated rings. The zero-order valence-electron chi connectivity index (χ0n) is 12.7. The van der Waals surface area contributed by atoms with Crippen LogP contribution >= 0.6 is 22.6 Å². The Labute approximate surface area is 138 Å². The van der Waals surface area contributed by atoms with Gasteiger partial charge in [-0.3, -0.25) is 4.79 Å². The van der Waals surface area contributed by atoms with Gasteiger partial charge in [-0.15, -0.1) is 0 Å². The molecule has 2 rings (SSSR count). The molecule has 1 heterocycles. The monoisotopic (exact) mass is 398 g/mol. The SMILES string of the molecule is COCc1nc(-c2ccc(C(C)(C)C)cc2)[nH]c(=O)c1I. The molecule has 1 N–H and O–H groups in total. The molecular formula is C16H19IN2O2. The number of aromatic nitrogens is 2. The Hall–Kier alpha value is -1.21. The molecule has 0 aliphatic rings. The molecule has 0 aliphatic carbocycles. The Kier molecular flexibility index (Phi) is 4.83. The van der Waals surface area contributed by atoms with Crippen LogP contribution in [-0.2, 0) is 16.8 Å². The van der Waals surface area contributed by atoms with E-state index in [2.05, 4.69) is 42.9 Å². The zero-order valence-corrected chi connectivity index (χ0v) is 14.8. The second-order valence-corrected chi connectivity index (χ2v) is 7.01. The number of benzene rings is 1. The first-order valence-electron chi connectivity index (χ1n) is 6.71. The van der Waals surface area contributed by atoms with Crippen molar-refractivity contribution >= 4 is 22.6 Å². The number of H-pyrrole nitrogens is 1. The fourth-order valence-corrected chi connectivity index (χ4v) is 2.41. The van der Waals surface area contributed by atoms with E-state index in [9.17, 15) is 4.79 Å². The summed E-state index contributed by atoms with van der Waals surface area (Å²) < 4.78 is 5.67. The summed E-state index contributed by atoms with van der Waals surface area (Å²) >= 11 is 1.99. The van der Waals surface area contributed by atoms with E-state index in [-0.39, 0.29) is 11.0 Å². The Bertz CT molecular complexity index is 685. The van der Waals surface area contributed by atoms with Gasteiger partial charge in [0.25, 0.3) is 5.56 Å². The molecule has 21 heavy (non-hydrogen) atoms. The van der Waals surface area contributed by atoms with Gasteiger partial charge in [0.05, 0.1) is 12.3 Å². The van der Waals surface area contributed by atoms with Gasteiger partial charge in [0.1, 0.15) is 9.39 Å². The van der Waals surface area contributed by atoms with Crippen molar-refractivity contribution in [2.75, 3.05) is 7.11 Å². The lowest BCUT2D eigenvalue weighted by molar-refractivity contribution is 0.180. The fourth-order valence-electron chi connectivity index (χ4n) is 2.00. The van der Waals surface area contributed by atoms with Gasteiger partial charge in [-0.25, -0.2) is 4.98 Å². The fraction of sp³-hybridized carbons (Fsp3) is 0.375. The van der Waals surface area contributed by atoms with Crippen molar-refractivity contribution in [1.29, 1.82) is 0 Å². The quantitative estimate of drug-likeness (QED) is 0.806. The van der Waals surface area contributed by atoms with Crippen LogP contribution in [0.15, 0.2) is 29.1 Å². The second kappa shape index (κ2) is 6.27. The van der Waals surface area contributed by atoms with Gasteiger partial charge >= 0.3 is 0 Å². The molecule has 0 spiro atoms. The first-order valence-corrected chi connectivity index (χ1v) is 7.79. The number of methoxy groups -OCH3 is 1. The van der Waals surface area contributed by atoms with Crippen molar-refractivity contribution in [1.82, 2.24) is 9.97 Å².